The highest BCUT2D eigenvalue weighted by Gasteiger charge is 2.02. The van der Waals surface area contributed by atoms with Gasteiger partial charge in [-0.3, -0.25) is 0 Å². The maximum Gasteiger partial charge on any atom is 0.131 e. The molecule has 0 amide bonds. The zero-order valence-electron chi connectivity index (χ0n) is 13.9. The minimum atomic E-state index is 0.606. The summed E-state index contributed by atoms with van der Waals surface area (Å²) in [7, 11) is 1.66. The number of benzene rings is 2. The Morgan fingerprint density at radius 1 is 0.920 bits per heavy atom. The first-order chi connectivity index (χ1) is 12.2. The highest BCUT2D eigenvalue weighted by molar-refractivity contribution is 6.31. The van der Waals surface area contributed by atoms with Crippen LogP contribution in [0.5, 0.6) is 5.75 Å². The van der Waals surface area contributed by atoms with Crippen LogP contribution in [0.15, 0.2) is 60.9 Å². The van der Waals surface area contributed by atoms with Crippen LogP contribution in [0.25, 0.3) is 0 Å². The molecule has 5 nitrogen and oxygen atoms in total. The molecule has 0 fully saturated rings. The van der Waals surface area contributed by atoms with Crippen LogP contribution in [-0.2, 0) is 13.1 Å². The quantitative estimate of drug-likeness (QED) is 0.660. The summed E-state index contributed by atoms with van der Waals surface area (Å²) in [5, 5.41) is 7.29. The van der Waals surface area contributed by atoms with Gasteiger partial charge in [-0.1, -0.05) is 41.9 Å². The third-order valence-electron chi connectivity index (χ3n) is 3.72. The molecule has 25 heavy (non-hydrogen) atoms. The van der Waals surface area contributed by atoms with Crippen LogP contribution < -0.4 is 15.4 Å². The van der Waals surface area contributed by atoms with Crippen molar-refractivity contribution < 1.29 is 4.74 Å². The number of ether oxygens (including phenoxy) is 1. The smallest absolute Gasteiger partial charge is 0.131 e. The summed E-state index contributed by atoms with van der Waals surface area (Å²) in [5.41, 5.74) is 2.17. The van der Waals surface area contributed by atoms with Crippen LogP contribution in [0.4, 0.5) is 11.6 Å². The third-order valence-corrected chi connectivity index (χ3v) is 4.09. The Kier molecular flexibility index (Phi) is 5.69. The van der Waals surface area contributed by atoms with Gasteiger partial charge in [-0.05, 0) is 29.3 Å². The van der Waals surface area contributed by atoms with Crippen LogP contribution in [0.3, 0.4) is 0 Å². The summed E-state index contributed by atoms with van der Waals surface area (Å²) < 4.78 is 5.16. The molecule has 1 heterocycles. The number of nitrogens with zero attached hydrogens (tertiary/aromatic N) is 2. The number of hydrogen-bond donors (Lipinski definition) is 2. The van der Waals surface area contributed by atoms with E-state index < -0.39 is 0 Å². The maximum atomic E-state index is 6.17. The van der Waals surface area contributed by atoms with E-state index in [0.29, 0.717) is 13.1 Å². The van der Waals surface area contributed by atoms with Gasteiger partial charge in [0, 0.05) is 24.2 Å². The molecule has 2 aromatic carbocycles. The van der Waals surface area contributed by atoms with Crippen LogP contribution in [0.2, 0.25) is 5.02 Å². The first-order valence-corrected chi connectivity index (χ1v) is 8.28. The van der Waals surface area contributed by atoms with Crippen molar-refractivity contribution in [1.29, 1.82) is 0 Å². The Bertz CT molecular complexity index is 824. The molecule has 0 aliphatic carbocycles. The van der Waals surface area contributed by atoms with Gasteiger partial charge in [0.15, 0.2) is 0 Å². The first-order valence-electron chi connectivity index (χ1n) is 7.91. The van der Waals surface area contributed by atoms with Crippen LogP contribution in [0.1, 0.15) is 11.1 Å². The number of rotatable bonds is 7. The van der Waals surface area contributed by atoms with Gasteiger partial charge in [-0.15, -0.1) is 0 Å². The molecule has 0 saturated heterocycles. The van der Waals surface area contributed by atoms with Crippen molar-refractivity contribution in [3.05, 3.63) is 77.1 Å². The van der Waals surface area contributed by atoms with Crippen molar-refractivity contribution in [2.75, 3.05) is 17.7 Å². The Hall–Kier alpha value is -2.79. The highest BCUT2D eigenvalue weighted by Crippen LogP contribution is 2.17. The number of hydrogen-bond acceptors (Lipinski definition) is 5. The Morgan fingerprint density at radius 3 is 2.28 bits per heavy atom. The van der Waals surface area contributed by atoms with E-state index in [-0.39, 0.29) is 0 Å². The molecule has 0 radical (unpaired) electrons. The van der Waals surface area contributed by atoms with Crippen LogP contribution in [-0.4, -0.2) is 17.1 Å². The van der Waals surface area contributed by atoms with E-state index >= 15 is 0 Å². The average Bonchev–Trinajstić information content (AvgIpc) is 2.66. The summed E-state index contributed by atoms with van der Waals surface area (Å²) in [6, 6.07) is 17.5. The second-order valence-corrected chi connectivity index (χ2v) is 5.84. The van der Waals surface area contributed by atoms with Crippen molar-refractivity contribution in [2.45, 2.75) is 13.1 Å². The summed E-state index contributed by atoms with van der Waals surface area (Å²) in [6.07, 6.45) is 1.53. The second kappa shape index (κ2) is 8.35. The lowest BCUT2D eigenvalue weighted by molar-refractivity contribution is 0.414. The van der Waals surface area contributed by atoms with Crippen molar-refractivity contribution >= 4 is 23.2 Å². The molecule has 0 bridgehead atoms. The molecule has 0 aliphatic rings. The van der Waals surface area contributed by atoms with Gasteiger partial charge in [-0.25, -0.2) is 9.97 Å². The van der Waals surface area contributed by atoms with Crippen molar-refractivity contribution in [3.63, 3.8) is 0 Å². The first kappa shape index (κ1) is 17.0. The van der Waals surface area contributed by atoms with Crippen LogP contribution in [0, 0.1) is 0 Å². The summed E-state index contributed by atoms with van der Waals surface area (Å²) in [5.74, 6) is 2.34. The number of nitrogens with one attached hydrogen (secondary N) is 2. The summed E-state index contributed by atoms with van der Waals surface area (Å²) in [4.78, 5) is 8.49. The predicted molar refractivity (Wildman–Crippen MR) is 101 cm³/mol. The molecule has 2 N–H and O–H groups in total. The number of methoxy groups -OCH3 is 1. The lowest BCUT2D eigenvalue weighted by atomic mass is 10.2. The van der Waals surface area contributed by atoms with Gasteiger partial charge in [0.2, 0.25) is 0 Å². The predicted octanol–water partition coefficient (Wildman–Crippen LogP) is 4.36. The molecule has 0 unspecified atom stereocenters. The minimum Gasteiger partial charge on any atom is -0.497 e. The standard InChI is InChI=1S/C19H19ClN4O/c1-25-16-8-6-14(7-9-16)11-21-18-10-19(24-13-23-18)22-12-15-4-2-3-5-17(15)20/h2-10,13H,11-12H2,1H3,(H2,21,22,23,24). The molecular formula is C19H19ClN4O. The van der Waals surface area contributed by atoms with E-state index in [1.807, 2.05) is 54.6 Å². The van der Waals surface area contributed by atoms with E-state index in [0.717, 1.165) is 33.5 Å². The molecule has 3 rings (SSSR count). The highest BCUT2D eigenvalue weighted by atomic mass is 35.5. The van der Waals surface area contributed by atoms with Gasteiger partial charge in [-0.2, -0.15) is 0 Å². The van der Waals surface area contributed by atoms with Crippen LogP contribution >= 0.6 is 11.6 Å². The van der Waals surface area contributed by atoms with E-state index in [1.54, 1.807) is 7.11 Å². The Morgan fingerprint density at radius 2 is 1.60 bits per heavy atom. The topological polar surface area (TPSA) is 59.1 Å². The van der Waals surface area contributed by atoms with Gasteiger partial charge < -0.3 is 15.4 Å². The van der Waals surface area contributed by atoms with E-state index in [4.69, 9.17) is 16.3 Å². The molecule has 0 aliphatic heterocycles. The van der Waals surface area contributed by atoms with Gasteiger partial charge in [0.05, 0.1) is 7.11 Å². The van der Waals surface area contributed by atoms with Crippen molar-refractivity contribution in [1.82, 2.24) is 9.97 Å². The monoisotopic (exact) mass is 354 g/mol. The molecule has 128 valence electrons. The van der Waals surface area contributed by atoms with E-state index in [1.165, 1.54) is 6.33 Å². The fraction of sp³-hybridized carbons (Fsp3) is 0.158. The largest absolute Gasteiger partial charge is 0.497 e. The number of halogens is 1. The Labute approximate surface area is 152 Å². The van der Waals surface area contributed by atoms with Crippen molar-refractivity contribution in [2.24, 2.45) is 0 Å². The van der Waals surface area contributed by atoms with Gasteiger partial charge in [0.25, 0.3) is 0 Å². The van der Waals surface area contributed by atoms with Crippen molar-refractivity contribution in [3.8, 4) is 5.75 Å². The van der Waals surface area contributed by atoms with Gasteiger partial charge in [0.1, 0.15) is 23.7 Å². The second-order valence-electron chi connectivity index (χ2n) is 5.44. The Balaban J connectivity index is 1.58. The third kappa shape index (κ3) is 4.84. The molecular weight excluding hydrogens is 336 g/mol. The molecule has 0 spiro atoms. The maximum absolute atomic E-state index is 6.17. The zero-order chi connectivity index (χ0) is 17.5. The average molecular weight is 355 g/mol. The summed E-state index contributed by atoms with van der Waals surface area (Å²) in [6.45, 7) is 1.28. The lowest BCUT2D eigenvalue weighted by Gasteiger charge is -2.10. The molecule has 0 saturated carbocycles. The fourth-order valence-corrected chi connectivity index (χ4v) is 2.52. The molecule has 3 aromatic rings. The van der Waals surface area contributed by atoms with E-state index in [9.17, 15) is 0 Å². The summed E-state index contributed by atoms with van der Waals surface area (Å²) >= 11 is 6.17. The number of aromatic nitrogens is 2. The lowest BCUT2D eigenvalue weighted by Crippen LogP contribution is -2.05. The SMILES string of the molecule is COc1ccc(CNc2cc(NCc3ccccc3Cl)ncn2)cc1. The van der Waals surface area contributed by atoms with Gasteiger partial charge >= 0.3 is 0 Å². The fourth-order valence-electron chi connectivity index (χ4n) is 2.31. The van der Waals surface area contributed by atoms with E-state index in [2.05, 4.69) is 20.6 Å². The molecule has 6 heteroatoms. The normalized spacial score (nSPS) is 10.3. The molecule has 1 aromatic heterocycles. The molecule has 0 atom stereocenters. The zero-order valence-corrected chi connectivity index (χ0v) is 14.6. The number of anilines is 2. The minimum absolute atomic E-state index is 0.606.